The van der Waals surface area contributed by atoms with Crippen molar-refractivity contribution >= 4 is 0 Å². The van der Waals surface area contributed by atoms with Crippen molar-refractivity contribution in [1.29, 1.82) is 0 Å². The van der Waals surface area contributed by atoms with Gasteiger partial charge < -0.3 is 9.47 Å². The molecule has 84 valence electrons. The molecule has 0 saturated carbocycles. The Labute approximate surface area is 88.0 Å². The van der Waals surface area contributed by atoms with Crippen molar-refractivity contribution in [3.05, 3.63) is 0 Å². The van der Waals surface area contributed by atoms with Crippen LogP contribution in [0.1, 0.15) is 53.4 Å². The van der Waals surface area contributed by atoms with Crippen LogP contribution in [0.5, 0.6) is 0 Å². The Morgan fingerprint density at radius 1 is 0.571 bits per heavy atom. The van der Waals surface area contributed by atoms with Crippen molar-refractivity contribution in [3.63, 3.8) is 0 Å². The lowest BCUT2D eigenvalue weighted by molar-refractivity contribution is 0.0670. The van der Waals surface area contributed by atoms with E-state index in [1.807, 2.05) is 0 Å². The van der Waals surface area contributed by atoms with Crippen LogP contribution in [0, 0.1) is 0 Å². The maximum atomic E-state index is 5.36. The minimum atomic E-state index is 0.523. The zero-order valence-corrected chi connectivity index (χ0v) is 9.95. The van der Waals surface area contributed by atoms with Gasteiger partial charge in [0, 0.05) is 0 Å². The zero-order chi connectivity index (χ0) is 10.6. The Hall–Kier alpha value is -0.0800. The van der Waals surface area contributed by atoms with Crippen LogP contribution in [0.15, 0.2) is 0 Å². The molecular formula is C12H24O2. The van der Waals surface area contributed by atoms with Crippen LogP contribution in [0.4, 0.5) is 0 Å². The molecule has 14 heavy (non-hydrogen) atoms. The molecule has 0 aromatic carbocycles. The molecule has 4 unspecified atom stereocenters. The van der Waals surface area contributed by atoms with E-state index in [4.69, 9.17) is 9.47 Å². The highest BCUT2D eigenvalue weighted by atomic mass is 16.5. The first kappa shape index (κ1) is 12.0. The molecule has 2 aliphatic rings. The van der Waals surface area contributed by atoms with E-state index in [2.05, 4.69) is 27.7 Å². The van der Waals surface area contributed by atoms with E-state index in [-0.39, 0.29) is 0 Å². The van der Waals surface area contributed by atoms with E-state index in [0.29, 0.717) is 24.4 Å². The van der Waals surface area contributed by atoms with Gasteiger partial charge in [0.15, 0.2) is 0 Å². The second-order valence-electron chi connectivity index (χ2n) is 4.67. The SMILES string of the molecule is CC1CCC(C)O1.CC1CCC(C)O1. The largest absolute Gasteiger partial charge is 0.376 e. The van der Waals surface area contributed by atoms with E-state index in [1.165, 1.54) is 25.7 Å². The molecule has 0 aromatic rings. The zero-order valence-electron chi connectivity index (χ0n) is 9.95. The molecule has 2 rings (SSSR count). The molecule has 0 amide bonds. The van der Waals surface area contributed by atoms with Crippen LogP contribution in [0.3, 0.4) is 0 Å². The molecule has 0 radical (unpaired) electrons. The van der Waals surface area contributed by atoms with E-state index in [1.54, 1.807) is 0 Å². The van der Waals surface area contributed by atoms with Gasteiger partial charge in [-0.3, -0.25) is 0 Å². The summed E-state index contributed by atoms with van der Waals surface area (Å²) in [6, 6.07) is 0. The van der Waals surface area contributed by atoms with Gasteiger partial charge in [-0.1, -0.05) is 0 Å². The molecule has 2 heteroatoms. The van der Waals surface area contributed by atoms with Crippen molar-refractivity contribution in [3.8, 4) is 0 Å². The van der Waals surface area contributed by atoms with E-state index < -0.39 is 0 Å². The highest BCUT2D eigenvalue weighted by Crippen LogP contribution is 2.17. The van der Waals surface area contributed by atoms with Crippen molar-refractivity contribution in [2.24, 2.45) is 0 Å². The predicted molar refractivity (Wildman–Crippen MR) is 58.5 cm³/mol. The van der Waals surface area contributed by atoms with Crippen LogP contribution in [0.25, 0.3) is 0 Å². The van der Waals surface area contributed by atoms with Crippen molar-refractivity contribution in [2.75, 3.05) is 0 Å². The first-order valence-corrected chi connectivity index (χ1v) is 5.89. The van der Waals surface area contributed by atoms with Crippen molar-refractivity contribution in [1.82, 2.24) is 0 Å². The molecule has 0 aliphatic carbocycles. The molecule has 2 aliphatic heterocycles. The average Bonchev–Trinajstić information content (AvgIpc) is 2.63. The van der Waals surface area contributed by atoms with Crippen LogP contribution in [0.2, 0.25) is 0 Å². The van der Waals surface area contributed by atoms with E-state index in [9.17, 15) is 0 Å². The van der Waals surface area contributed by atoms with Gasteiger partial charge in [0.25, 0.3) is 0 Å². The first-order chi connectivity index (χ1) is 6.58. The summed E-state index contributed by atoms with van der Waals surface area (Å²) in [5.41, 5.74) is 0. The first-order valence-electron chi connectivity index (χ1n) is 5.89. The molecule has 2 heterocycles. The van der Waals surface area contributed by atoms with Crippen molar-refractivity contribution < 1.29 is 9.47 Å². The third-order valence-electron chi connectivity index (χ3n) is 2.89. The minimum Gasteiger partial charge on any atom is -0.376 e. The smallest absolute Gasteiger partial charge is 0.0551 e. The van der Waals surface area contributed by atoms with Gasteiger partial charge in [-0.05, 0) is 53.4 Å². The Bertz CT molecular complexity index is 124. The predicted octanol–water partition coefficient (Wildman–Crippen LogP) is 3.15. The molecule has 0 spiro atoms. The minimum absolute atomic E-state index is 0.523. The summed E-state index contributed by atoms with van der Waals surface area (Å²) in [6.07, 6.45) is 7.10. The standard InChI is InChI=1S/2C6H12O/c2*1-5-3-4-6(2)7-5/h2*5-6H,3-4H2,1-2H3. The second-order valence-corrected chi connectivity index (χ2v) is 4.67. The number of hydrogen-bond donors (Lipinski definition) is 0. The summed E-state index contributed by atoms with van der Waals surface area (Å²) >= 11 is 0. The Morgan fingerprint density at radius 2 is 0.786 bits per heavy atom. The lowest BCUT2D eigenvalue weighted by Crippen LogP contribution is -2.01. The Kier molecular flexibility index (Phi) is 4.90. The fourth-order valence-electron chi connectivity index (χ4n) is 2.00. The van der Waals surface area contributed by atoms with Gasteiger partial charge in [0.1, 0.15) is 0 Å². The Balaban J connectivity index is 0.000000140. The van der Waals surface area contributed by atoms with Crippen LogP contribution in [-0.4, -0.2) is 24.4 Å². The molecular weight excluding hydrogens is 176 g/mol. The summed E-state index contributed by atoms with van der Waals surface area (Å²) in [5, 5.41) is 0. The van der Waals surface area contributed by atoms with Crippen LogP contribution in [-0.2, 0) is 9.47 Å². The number of ether oxygens (including phenoxy) is 2. The lowest BCUT2D eigenvalue weighted by Gasteiger charge is -2.01. The van der Waals surface area contributed by atoms with Crippen LogP contribution >= 0.6 is 0 Å². The monoisotopic (exact) mass is 200 g/mol. The summed E-state index contributed by atoms with van der Waals surface area (Å²) in [7, 11) is 0. The molecule has 2 fully saturated rings. The molecule has 0 aromatic heterocycles. The normalized spacial score (nSPS) is 42.0. The quantitative estimate of drug-likeness (QED) is 0.598. The maximum Gasteiger partial charge on any atom is 0.0551 e. The van der Waals surface area contributed by atoms with Gasteiger partial charge in [-0.25, -0.2) is 0 Å². The second kappa shape index (κ2) is 5.72. The third kappa shape index (κ3) is 4.43. The van der Waals surface area contributed by atoms with Gasteiger partial charge in [-0.2, -0.15) is 0 Å². The highest BCUT2D eigenvalue weighted by Gasteiger charge is 2.16. The van der Waals surface area contributed by atoms with Gasteiger partial charge in [-0.15, -0.1) is 0 Å². The molecule has 2 saturated heterocycles. The summed E-state index contributed by atoms with van der Waals surface area (Å²) in [6.45, 7) is 8.51. The average molecular weight is 200 g/mol. The van der Waals surface area contributed by atoms with Gasteiger partial charge in [0.05, 0.1) is 24.4 Å². The molecule has 2 nitrogen and oxygen atoms in total. The topological polar surface area (TPSA) is 18.5 Å². The molecule has 4 atom stereocenters. The van der Waals surface area contributed by atoms with Gasteiger partial charge >= 0.3 is 0 Å². The van der Waals surface area contributed by atoms with Crippen molar-refractivity contribution in [2.45, 2.75) is 77.8 Å². The van der Waals surface area contributed by atoms with E-state index >= 15 is 0 Å². The fraction of sp³-hybridized carbons (Fsp3) is 1.00. The summed E-state index contributed by atoms with van der Waals surface area (Å²) in [5.74, 6) is 0. The summed E-state index contributed by atoms with van der Waals surface area (Å²) in [4.78, 5) is 0. The number of hydrogen-bond acceptors (Lipinski definition) is 2. The number of rotatable bonds is 0. The molecule has 0 bridgehead atoms. The highest BCUT2D eigenvalue weighted by molar-refractivity contribution is 4.65. The van der Waals surface area contributed by atoms with E-state index in [0.717, 1.165) is 0 Å². The lowest BCUT2D eigenvalue weighted by atomic mass is 10.2. The van der Waals surface area contributed by atoms with Gasteiger partial charge in [0.2, 0.25) is 0 Å². The Morgan fingerprint density at radius 3 is 0.857 bits per heavy atom. The summed E-state index contributed by atoms with van der Waals surface area (Å²) < 4.78 is 10.7. The fourth-order valence-corrected chi connectivity index (χ4v) is 2.00. The third-order valence-corrected chi connectivity index (χ3v) is 2.89. The molecule has 0 N–H and O–H groups in total. The van der Waals surface area contributed by atoms with Crippen LogP contribution < -0.4 is 0 Å². The maximum absolute atomic E-state index is 5.36.